The van der Waals surface area contributed by atoms with Crippen LogP contribution in [0.1, 0.15) is 68.2 Å². The van der Waals surface area contributed by atoms with Crippen molar-refractivity contribution in [1.82, 2.24) is 9.80 Å². The molecule has 5 aliphatic rings. The number of benzene rings is 2. The highest BCUT2D eigenvalue weighted by atomic mass is 16.5. The Morgan fingerprint density at radius 3 is 2.77 bits per heavy atom. The number of rotatable bonds is 7. The van der Waals surface area contributed by atoms with Crippen LogP contribution in [0.5, 0.6) is 11.5 Å². The Hall–Kier alpha value is -2.83. The van der Waals surface area contributed by atoms with Gasteiger partial charge in [-0.2, -0.15) is 0 Å². The Kier molecular flexibility index (Phi) is 6.10. The summed E-state index contributed by atoms with van der Waals surface area (Å²) in [7, 11) is 0. The first kappa shape index (κ1) is 26.1. The Morgan fingerprint density at radius 2 is 2.02 bits per heavy atom. The van der Waals surface area contributed by atoms with E-state index in [1.54, 1.807) is 12.1 Å². The number of ether oxygens (including phenoxy) is 1. The van der Waals surface area contributed by atoms with E-state index in [-0.39, 0.29) is 29.7 Å². The van der Waals surface area contributed by atoms with Gasteiger partial charge in [-0.25, -0.2) is 0 Å². The molecule has 3 aliphatic carbocycles. The van der Waals surface area contributed by atoms with Crippen LogP contribution in [0.15, 0.2) is 42.5 Å². The maximum atomic E-state index is 13.9. The van der Waals surface area contributed by atoms with Crippen LogP contribution in [0.4, 0.5) is 0 Å². The van der Waals surface area contributed by atoms with E-state index in [4.69, 9.17) is 4.74 Å². The van der Waals surface area contributed by atoms with Gasteiger partial charge in [0.1, 0.15) is 6.10 Å². The number of nitrogens with zero attached hydrogens (tertiary/aromatic N) is 2. The first-order chi connectivity index (χ1) is 19.2. The second-order valence-corrected chi connectivity index (χ2v) is 13.5. The third kappa shape index (κ3) is 3.86. The van der Waals surface area contributed by atoms with Gasteiger partial charge in [-0.15, -0.1) is 0 Å². The number of aromatic hydroxyl groups is 1. The quantitative estimate of drug-likeness (QED) is 0.491. The Bertz CT molecular complexity index is 1370. The van der Waals surface area contributed by atoms with E-state index in [1.807, 2.05) is 29.2 Å². The molecule has 2 aromatic carbocycles. The normalized spacial score (nSPS) is 32.3. The van der Waals surface area contributed by atoms with Gasteiger partial charge in [-0.3, -0.25) is 9.69 Å². The van der Waals surface area contributed by atoms with Crippen molar-refractivity contribution in [2.45, 2.75) is 88.5 Å². The lowest BCUT2D eigenvalue weighted by Crippen LogP contribution is -2.78. The fraction of sp³-hybridized carbons (Fsp3) is 0.559. The summed E-state index contributed by atoms with van der Waals surface area (Å²) in [6.45, 7) is 8.92. The highest BCUT2D eigenvalue weighted by Crippen LogP contribution is 2.66. The van der Waals surface area contributed by atoms with E-state index in [2.05, 4.69) is 37.8 Å². The van der Waals surface area contributed by atoms with Gasteiger partial charge in [-0.1, -0.05) is 49.7 Å². The number of hydrogen-bond donors (Lipinski definition) is 2. The number of phenols is 1. The Balaban J connectivity index is 1.28. The van der Waals surface area contributed by atoms with Crippen molar-refractivity contribution < 1.29 is 19.7 Å². The van der Waals surface area contributed by atoms with Gasteiger partial charge in [-0.05, 0) is 87.1 Å². The van der Waals surface area contributed by atoms with Crippen molar-refractivity contribution in [2.75, 3.05) is 19.6 Å². The average Bonchev–Trinajstić information content (AvgIpc) is 3.66. The van der Waals surface area contributed by atoms with Gasteiger partial charge >= 0.3 is 0 Å². The number of carbonyl (C=O) groups is 1. The molecule has 6 nitrogen and oxygen atoms in total. The predicted molar refractivity (Wildman–Crippen MR) is 155 cm³/mol. The maximum Gasteiger partial charge on any atom is 0.246 e. The standard InChI is InChI=1S/C34H42N2O4/c1-21(2)19-36(29(38)12-9-23-6-4-5-22(3)17-23)26-13-14-34(39)28-18-25-10-11-27(37)31-30(25)33(34,32(26)40-31)15-16-35(28)20-24-7-8-24/h4-6,9-12,17,21,24,26,28,32,37,39H,7-8,13-16,18-20H2,1-3H3/t26?,28-,32?,33+,34-/m1/s1. The zero-order chi connectivity index (χ0) is 27.8. The number of likely N-dealkylation sites (tertiary alicyclic amines) is 1. The number of piperidine rings is 1. The van der Waals surface area contributed by atoms with Crippen molar-refractivity contribution in [3.05, 3.63) is 64.7 Å². The molecule has 7 rings (SSSR count). The molecule has 3 fully saturated rings. The van der Waals surface area contributed by atoms with Crippen molar-refractivity contribution in [3.63, 3.8) is 0 Å². The third-order valence-electron chi connectivity index (χ3n) is 10.4. The van der Waals surface area contributed by atoms with Crippen LogP contribution in [-0.2, 0) is 16.6 Å². The molecule has 2 aliphatic heterocycles. The minimum absolute atomic E-state index is 0.0235. The van der Waals surface area contributed by atoms with Gasteiger partial charge in [0.15, 0.2) is 11.5 Å². The molecule has 1 saturated heterocycles. The van der Waals surface area contributed by atoms with Crippen LogP contribution >= 0.6 is 0 Å². The number of hydrogen-bond acceptors (Lipinski definition) is 5. The second-order valence-electron chi connectivity index (χ2n) is 13.5. The minimum atomic E-state index is -0.947. The summed E-state index contributed by atoms with van der Waals surface area (Å²) in [6, 6.07) is 11.8. The number of aryl methyl sites for hydroxylation is 1. The highest BCUT2D eigenvalue weighted by Gasteiger charge is 2.73. The molecule has 6 heteroatoms. The molecule has 2 bridgehead atoms. The Morgan fingerprint density at radius 1 is 1.20 bits per heavy atom. The molecule has 2 heterocycles. The van der Waals surface area contributed by atoms with E-state index in [0.717, 1.165) is 48.5 Å². The lowest BCUT2D eigenvalue weighted by Gasteiger charge is -2.65. The molecule has 0 radical (unpaired) electrons. The summed E-state index contributed by atoms with van der Waals surface area (Å²) in [5, 5.41) is 23.8. The lowest BCUT2D eigenvalue weighted by molar-refractivity contribution is -0.201. The van der Waals surface area contributed by atoms with Gasteiger partial charge in [0.2, 0.25) is 5.91 Å². The smallest absolute Gasteiger partial charge is 0.246 e. The van der Waals surface area contributed by atoms with E-state index in [9.17, 15) is 15.0 Å². The minimum Gasteiger partial charge on any atom is -0.504 e. The van der Waals surface area contributed by atoms with Crippen LogP contribution in [0, 0.1) is 18.8 Å². The summed E-state index contributed by atoms with van der Waals surface area (Å²) in [5.74, 6) is 1.69. The highest BCUT2D eigenvalue weighted by molar-refractivity contribution is 5.92. The average molecular weight is 543 g/mol. The van der Waals surface area contributed by atoms with Gasteiger partial charge in [0, 0.05) is 30.8 Å². The monoisotopic (exact) mass is 542 g/mol. The van der Waals surface area contributed by atoms with E-state index >= 15 is 0 Å². The molecular formula is C34H42N2O4. The molecule has 212 valence electrons. The molecule has 2 N–H and O–H groups in total. The topological polar surface area (TPSA) is 73.2 Å². The van der Waals surface area contributed by atoms with E-state index in [1.165, 1.54) is 18.4 Å². The van der Waals surface area contributed by atoms with Crippen LogP contribution < -0.4 is 4.74 Å². The largest absolute Gasteiger partial charge is 0.504 e. The van der Waals surface area contributed by atoms with Crippen molar-refractivity contribution in [3.8, 4) is 11.5 Å². The summed E-state index contributed by atoms with van der Waals surface area (Å²) in [6.07, 6.45) is 8.65. The maximum absolute atomic E-state index is 13.9. The van der Waals surface area contributed by atoms with Gasteiger partial charge in [0.05, 0.1) is 17.1 Å². The molecule has 2 aromatic rings. The molecule has 1 spiro atoms. The lowest BCUT2D eigenvalue weighted by atomic mass is 9.48. The molecule has 0 aromatic heterocycles. The number of aliphatic hydroxyl groups is 1. The summed E-state index contributed by atoms with van der Waals surface area (Å²) >= 11 is 0. The molecule has 5 atom stereocenters. The summed E-state index contributed by atoms with van der Waals surface area (Å²) < 4.78 is 6.76. The fourth-order valence-electron chi connectivity index (χ4n) is 8.59. The Labute approximate surface area is 237 Å². The number of carbonyl (C=O) groups excluding carboxylic acids is 1. The number of amides is 1. The first-order valence-corrected chi connectivity index (χ1v) is 15.2. The van der Waals surface area contributed by atoms with Gasteiger partial charge in [0.25, 0.3) is 0 Å². The van der Waals surface area contributed by atoms with Crippen LogP contribution in [0.25, 0.3) is 6.08 Å². The van der Waals surface area contributed by atoms with Crippen LogP contribution in [0.3, 0.4) is 0 Å². The second kappa shape index (κ2) is 9.35. The molecule has 40 heavy (non-hydrogen) atoms. The van der Waals surface area contributed by atoms with Crippen LogP contribution in [-0.4, -0.2) is 69.3 Å². The van der Waals surface area contributed by atoms with E-state index in [0.29, 0.717) is 25.1 Å². The molecule has 1 amide bonds. The predicted octanol–water partition coefficient (Wildman–Crippen LogP) is 4.83. The first-order valence-electron chi connectivity index (χ1n) is 15.2. The third-order valence-corrected chi connectivity index (χ3v) is 10.4. The zero-order valence-electron chi connectivity index (χ0n) is 24.0. The number of phenolic OH excluding ortho intramolecular Hbond substituents is 1. The van der Waals surface area contributed by atoms with Gasteiger partial charge < -0.3 is 19.8 Å². The van der Waals surface area contributed by atoms with Crippen LogP contribution in [0.2, 0.25) is 0 Å². The van der Waals surface area contributed by atoms with Crippen molar-refractivity contribution in [2.24, 2.45) is 11.8 Å². The molecular weight excluding hydrogens is 500 g/mol. The SMILES string of the molecule is Cc1cccc(C=CC(=O)N(CC(C)C)C2CC[C@@]3(O)[C@H]4Cc5ccc(O)c6c5[C@@]3(CCN4CC3CC3)C2O6)c1. The summed E-state index contributed by atoms with van der Waals surface area (Å²) in [4.78, 5) is 18.5. The fourth-order valence-corrected chi connectivity index (χ4v) is 8.59. The van der Waals surface area contributed by atoms with Crippen molar-refractivity contribution in [1.29, 1.82) is 0 Å². The van der Waals surface area contributed by atoms with Crippen molar-refractivity contribution >= 4 is 12.0 Å². The molecule has 2 saturated carbocycles. The van der Waals surface area contributed by atoms with E-state index < -0.39 is 17.1 Å². The molecule has 2 unspecified atom stereocenters. The summed E-state index contributed by atoms with van der Waals surface area (Å²) in [5.41, 5.74) is 2.79. The zero-order valence-corrected chi connectivity index (χ0v) is 24.0.